The second-order valence-electron chi connectivity index (χ2n) is 6.69. The van der Waals surface area contributed by atoms with E-state index in [1.807, 2.05) is 32.9 Å². The average Bonchev–Trinajstić information content (AvgIpc) is 2.43. The smallest absolute Gasteiger partial charge is 0.410 e. The second kappa shape index (κ2) is 6.52. The van der Waals surface area contributed by atoms with E-state index < -0.39 is 5.60 Å². The summed E-state index contributed by atoms with van der Waals surface area (Å²) < 4.78 is 6.97. The molecule has 1 aromatic heterocycles. The van der Waals surface area contributed by atoms with E-state index in [-0.39, 0.29) is 11.7 Å². The van der Waals surface area contributed by atoms with Crippen LogP contribution in [0.25, 0.3) is 0 Å². The van der Waals surface area contributed by atoms with E-state index in [9.17, 15) is 9.59 Å². The predicted octanol–water partition coefficient (Wildman–Crippen LogP) is 1.44. The van der Waals surface area contributed by atoms with Gasteiger partial charge >= 0.3 is 6.09 Å². The lowest BCUT2D eigenvalue weighted by Gasteiger charge is -2.35. The minimum atomic E-state index is -0.468. The maximum atomic E-state index is 12.0. The molecule has 2 heterocycles. The SMILES string of the molecule is Cn1cccc(CN2CCN(C(=O)OC(C)(C)C)CC2)c1=O. The largest absolute Gasteiger partial charge is 0.444 e. The van der Waals surface area contributed by atoms with Gasteiger partial charge in [-0.05, 0) is 26.8 Å². The van der Waals surface area contributed by atoms with Crippen LogP contribution in [0.3, 0.4) is 0 Å². The summed E-state index contributed by atoms with van der Waals surface area (Å²) in [6.45, 7) is 8.97. The molecule has 0 unspecified atom stereocenters. The van der Waals surface area contributed by atoms with Gasteiger partial charge < -0.3 is 14.2 Å². The van der Waals surface area contributed by atoms with Crippen LogP contribution in [0.4, 0.5) is 4.79 Å². The first kappa shape index (κ1) is 16.5. The van der Waals surface area contributed by atoms with Crippen molar-refractivity contribution >= 4 is 6.09 Å². The highest BCUT2D eigenvalue weighted by Gasteiger charge is 2.26. The summed E-state index contributed by atoms with van der Waals surface area (Å²) in [6.07, 6.45) is 1.49. The Kier molecular flexibility index (Phi) is 4.90. The number of aromatic nitrogens is 1. The summed E-state index contributed by atoms with van der Waals surface area (Å²) >= 11 is 0. The molecule has 1 aliphatic heterocycles. The zero-order chi connectivity index (χ0) is 16.3. The zero-order valence-electron chi connectivity index (χ0n) is 13.8. The number of carbonyl (C=O) groups is 1. The monoisotopic (exact) mass is 307 g/mol. The standard InChI is InChI=1S/C16H25N3O3/c1-16(2,3)22-15(21)19-10-8-18(9-11-19)12-13-6-5-7-17(4)14(13)20/h5-7H,8-12H2,1-4H3. The van der Waals surface area contributed by atoms with Gasteiger partial charge in [0.05, 0.1) is 0 Å². The summed E-state index contributed by atoms with van der Waals surface area (Å²) in [5, 5.41) is 0. The van der Waals surface area contributed by atoms with Gasteiger partial charge in [-0.1, -0.05) is 6.07 Å². The van der Waals surface area contributed by atoms with Crippen molar-refractivity contribution in [3.63, 3.8) is 0 Å². The molecule has 122 valence electrons. The molecule has 0 bridgehead atoms. The maximum Gasteiger partial charge on any atom is 0.410 e. The Morgan fingerprint density at radius 1 is 1.23 bits per heavy atom. The van der Waals surface area contributed by atoms with Crippen LogP contribution in [0, 0.1) is 0 Å². The van der Waals surface area contributed by atoms with Crippen molar-refractivity contribution in [2.45, 2.75) is 32.9 Å². The minimum absolute atomic E-state index is 0.0390. The van der Waals surface area contributed by atoms with Crippen molar-refractivity contribution in [3.8, 4) is 0 Å². The van der Waals surface area contributed by atoms with E-state index in [1.165, 1.54) is 0 Å². The molecule has 6 nitrogen and oxygen atoms in total. The molecule has 0 aliphatic carbocycles. The number of piperazine rings is 1. The number of amides is 1. The first-order chi connectivity index (χ1) is 10.3. The van der Waals surface area contributed by atoms with Gasteiger partial charge in [0, 0.05) is 51.5 Å². The van der Waals surface area contributed by atoms with Crippen molar-refractivity contribution < 1.29 is 9.53 Å². The molecular weight excluding hydrogens is 282 g/mol. The number of aryl methyl sites for hydroxylation is 1. The van der Waals surface area contributed by atoms with Gasteiger partial charge in [-0.3, -0.25) is 9.69 Å². The molecule has 0 atom stereocenters. The minimum Gasteiger partial charge on any atom is -0.444 e. The second-order valence-corrected chi connectivity index (χ2v) is 6.69. The van der Waals surface area contributed by atoms with E-state index in [0.717, 1.165) is 18.7 Å². The van der Waals surface area contributed by atoms with E-state index in [4.69, 9.17) is 4.74 Å². The highest BCUT2D eigenvalue weighted by atomic mass is 16.6. The van der Waals surface area contributed by atoms with Crippen molar-refractivity contribution in [3.05, 3.63) is 34.2 Å². The van der Waals surface area contributed by atoms with Crippen LogP contribution in [0.5, 0.6) is 0 Å². The fourth-order valence-electron chi connectivity index (χ4n) is 2.43. The van der Waals surface area contributed by atoms with Gasteiger partial charge in [0.25, 0.3) is 5.56 Å². The topological polar surface area (TPSA) is 54.8 Å². The summed E-state index contributed by atoms with van der Waals surface area (Å²) in [4.78, 5) is 28.0. The van der Waals surface area contributed by atoms with Gasteiger partial charge in [-0.15, -0.1) is 0 Å². The van der Waals surface area contributed by atoms with Crippen molar-refractivity contribution in [1.29, 1.82) is 0 Å². The average molecular weight is 307 g/mol. The molecule has 0 aromatic carbocycles. The van der Waals surface area contributed by atoms with Crippen LogP contribution in [0.2, 0.25) is 0 Å². The lowest BCUT2D eigenvalue weighted by atomic mass is 10.2. The summed E-state index contributed by atoms with van der Waals surface area (Å²) in [6, 6.07) is 3.75. The molecule has 1 saturated heterocycles. The highest BCUT2D eigenvalue weighted by molar-refractivity contribution is 5.68. The molecule has 22 heavy (non-hydrogen) atoms. The third-order valence-corrected chi connectivity index (χ3v) is 3.62. The van der Waals surface area contributed by atoms with E-state index >= 15 is 0 Å². The lowest BCUT2D eigenvalue weighted by Crippen LogP contribution is -2.50. The molecule has 6 heteroatoms. The molecule has 1 fully saturated rings. The van der Waals surface area contributed by atoms with Gasteiger partial charge in [0.1, 0.15) is 5.60 Å². The van der Waals surface area contributed by atoms with Crippen LogP contribution < -0.4 is 5.56 Å². The fourth-order valence-corrected chi connectivity index (χ4v) is 2.43. The van der Waals surface area contributed by atoms with Gasteiger partial charge in [-0.2, -0.15) is 0 Å². The molecular formula is C16H25N3O3. The normalized spacial score (nSPS) is 16.6. The molecule has 0 saturated carbocycles. The lowest BCUT2D eigenvalue weighted by molar-refractivity contribution is 0.0138. The molecule has 1 aromatic rings. The fraction of sp³-hybridized carbons (Fsp3) is 0.625. The van der Waals surface area contributed by atoms with Gasteiger partial charge in [0.15, 0.2) is 0 Å². The van der Waals surface area contributed by atoms with E-state index in [2.05, 4.69) is 4.90 Å². The summed E-state index contributed by atoms with van der Waals surface area (Å²) in [5.74, 6) is 0. The molecule has 0 N–H and O–H groups in total. The third-order valence-electron chi connectivity index (χ3n) is 3.62. The first-order valence-electron chi connectivity index (χ1n) is 7.61. The number of carbonyl (C=O) groups excluding carboxylic acids is 1. The molecule has 0 radical (unpaired) electrons. The zero-order valence-corrected chi connectivity index (χ0v) is 13.8. The van der Waals surface area contributed by atoms with Crippen LogP contribution >= 0.6 is 0 Å². The number of pyridine rings is 1. The van der Waals surface area contributed by atoms with Crippen molar-refractivity contribution in [2.24, 2.45) is 7.05 Å². The molecule has 0 spiro atoms. The number of hydrogen-bond donors (Lipinski definition) is 0. The van der Waals surface area contributed by atoms with E-state index in [1.54, 1.807) is 22.7 Å². The van der Waals surface area contributed by atoms with Crippen LogP contribution in [0.1, 0.15) is 26.3 Å². The van der Waals surface area contributed by atoms with Gasteiger partial charge in [0.2, 0.25) is 0 Å². The summed E-state index contributed by atoms with van der Waals surface area (Å²) in [5.41, 5.74) is 0.359. The van der Waals surface area contributed by atoms with Crippen molar-refractivity contribution in [2.75, 3.05) is 26.2 Å². The molecule has 1 aliphatic rings. The summed E-state index contributed by atoms with van der Waals surface area (Å²) in [7, 11) is 1.76. The number of nitrogens with zero attached hydrogens (tertiary/aromatic N) is 3. The Bertz CT molecular complexity index is 581. The molecule has 1 amide bonds. The quantitative estimate of drug-likeness (QED) is 0.829. The third kappa shape index (κ3) is 4.34. The Labute approximate surface area is 131 Å². The first-order valence-corrected chi connectivity index (χ1v) is 7.61. The number of hydrogen-bond acceptors (Lipinski definition) is 4. The number of ether oxygens (including phenoxy) is 1. The Morgan fingerprint density at radius 2 is 1.86 bits per heavy atom. The predicted molar refractivity (Wildman–Crippen MR) is 84.8 cm³/mol. The Hall–Kier alpha value is -1.82. The number of rotatable bonds is 2. The highest BCUT2D eigenvalue weighted by Crippen LogP contribution is 2.12. The van der Waals surface area contributed by atoms with Crippen LogP contribution in [-0.2, 0) is 18.3 Å². The Morgan fingerprint density at radius 3 is 2.45 bits per heavy atom. The Balaban J connectivity index is 1.89. The molecule has 2 rings (SSSR count). The maximum absolute atomic E-state index is 12.0. The van der Waals surface area contributed by atoms with Crippen LogP contribution in [-0.4, -0.2) is 52.2 Å². The van der Waals surface area contributed by atoms with Crippen molar-refractivity contribution in [1.82, 2.24) is 14.4 Å². The van der Waals surface area contributed by atoms with E-state index in [0.29, 0.717) is 19.6 Å². The van der Waals surface area contributed by atoms with Gasteiger partial charge in [-0.25, -0.2) is 4.79 Å². The van der Waals surface area contributed by atoms with Crippen LogP contribution in [0.15, 0.2) is 23.1 Å².